The summed E-state index contributed by atoms with van der Waals surface area (Å²) >= 11 is 5.93. The van der Waals surface area contributed by atoms with Crippen molar-refractivity contribution < 1.29 is 12.6 Å². The van der Waals surface area contributed by atoms with E-state index < -0.39 is 20.8 Å². The van der Waals surface area contributed by atoms with E-state index in [1.807, 2.05) is 0 Å². The lowest BCUT2D eigenvalue weighted by molar-refractivity contribution is 0.580. The maximum absolute atomic E-state index is 12.0. The third-order valence-electron chi connectivity index (χ3n) is 2.46. The van der Waals surface area contributed by atoms with E-state index in [1.165, 1.54) is 12.1 Å². The lowest BCUT2D eigenvalue weighted by atomic mass is 10.2. The van der Waals surface area contributed by atoms with E-state index in [0.717, 1.165) is 0 Å². The van der Waals surface area contributed by atoms with Crippen LogP contribution in [0.3, 0.4) is 0 Å². The number of sulfonamides is 1. The van der Waals surface area contributed by atoms with Gasteiger partial charge in [0.2, 0.25) is 10.0 Å². The van der Waals surface area contributed by atoms with Gasteiger partial charge in [-0.05, 0) is 24.1 Å². The Hall–Kier alpha value is -0.470. The van der Waals surface area contributed by atoms with E-state index in [4.69, 9.17) is 17.3 Å². The van der Waals surface area contributed by atoms with Crippen LogP contribution in [-0.2, 0) is 27.4 Å². The normalized spacial score (nSPS) is 13.4. The highest BCUT2D eigenvalue weighted by molar-refractivity contribution is 7.89. The molecular weight excluding hydrogens is 308 g/mol. The summed E-state index contributed by atoms with van der Waals surface area (Å²) in [6.07, 6.45) is 2.11. The number of halogens is 1. The molecule has 0 amide bonds. The monoisotopic (exact) mass is 324 g/mol. The molecule has 0 aromatic heterocycles. The van der Waals surface area contributed by atoms with Crippen molar-refractivity contribution in [3.63, 3.8) is 0 Å². The Kier molecular flexibility index (Phi) is 6.41. The van der Waals surface area contributed by atoms with Crippen molar-refractivity contribution in [2.75, 3.05) is 18.6 Å². The molecule has 5 nitrogen and oxygen atoms in total. The molecular formula is C11H17ClN2O3S2. The van der Waals surface area contributed by atoms with Crippen LogP contribution in [0.25, 0.3) is 0 Å². The van der Waals surface area contributed by atoms with Crippen molar-refractivity contribution in [3.05, 3.63) is 28.8 Å². The van der Waals surface area contributed by atoms with Crippen LogP contribution < -0.4 is 10.5 Å². The summed E-state index contributed by atoms with van der Waals surface area (Å²) < 4.78 is 37.2. The highest BCUT2D eigenvalue weighted by atomic mass is 35.5. The van der Waals surface area contributed by atoms with Gasteiger partial charge in [0.05, 0.1) is 4.90 Å². The topological polar surface area (TPSA) is 89.3 Å². The molecule has 3 N–H and O–H groups in total. The van der Waals surface area contributed by atoms with Gasteiger partial charge in [-0.25, -0.2) is 13.1 Å². The predicted molar refractivity (Wildman–Crippen MR) is 78.1 cm³/mol. The SMILES string of the molecule is CS(=O)CCCNS(=O)(=O)c1ccc(CN)c(Cl)c1. The highest BCUT2D eigenvalue weighted by Gasteiger charge is 2.14. The molecule has 0 aliphatic rings. The standard InChI is InChI=1S/C11H17ClN2O3S2/c1-18(15)6-2-5-14-19(16,17)10-4-3-9(8-13)11(12)7-10/h3-4,7,14H,2,5-6,8,13H2,1H3. The number of hydrogen-bond donors (Lipinski definition) is 2. The molecule has 0 spiro atoms. The molecule has 8 heteroatoms. The molecule has 1 atom stereocenters. The van der Waals surface area contributed by atoms with Gasteiger partial charge in [0, 0.05) is 40.9 Å². The van der Waals surface area contributed by atoms with Crippen LogP contribution >= 0.6 is 11.6 Å². The summed E-state index contributed by atoms with van der Waals surface area (Å²) in [5, 5.41) is 0.333. The average molecular weight is 325 g/mol. The van der Waals surface area contributed by atoms with Gasteiger partial charge >= 0.3 is 0 Å². The van der Waals surface area contributed by atoms with Crippen LogP contribution in [0.4, 0.5) is 0 Å². The van der Waals surface area contributed by atoms with Crippen molar-refractivity contribution in [1.82, 2.24) is 4.72 Å². The van der Waals surface area contributed by atoms with Gasteiger partial charge in [-0.2, -0.15) is 0 Å². The second kappa shape index (κ2) is 7.35. The number of hydrogen-bond acceptors (Lipinski definition) is 4. The highest BCUT2D eigenvalue weighted by Crippen LogP contribution is 2.20. The predicted octanol–water partition coefficient (Wildman–Crippen LogP) is 0.846. The van der Waals surface area contributed by atoms with E-state index in [1.54, 1.807) is 12.3 Å². The molecule has 1 aromatic rings. The largest absolute Gasteiger partial charge is 0.326 e. The molecule has 108 valence electrons. The zero-order valence-corrected chi connectivity index (χ0v) is 12.9. The van der Waals surface area contributed by atoms with Gasteiger partial charge in [0.1, 0.15) is 0 Å². The maximum atomic E-state index is 12.0. The molecule has 0 aliphatic heterocycles. The maximum Gasteiger partial charge on any atom is 0.240 e. The minimum absolute atomic E-state index is 0.104. The second-order valence-corrected chi connectivity index (χ2v) is 7.71. The van der Waals surface area contributed by atoms with Gasteiger partial charge in [0.25, 0.3) is 0 Å². The van der Waals surface area contributed by atoms with E-state index in [9.17, 15) is 12.6 Å². The Bertz CT molecular complexity index is 561. The number of rotatable bonds is 7. The van der Waals surface area contributed by atoms with Crippen molar-refractivity contribution >= 4 is 32.4 Å². The first kappa shape index (κ1) is 16.6. The molecule has 0 radical (unpaired) electrons. The smallest absolute Gasteiger partial charge is 0.240 e. The van der Waals surface area contributed by atoms with E-state index in [0.29, 0.717) is 22.8 Å². The van der Waals surface area contributed by atoms with Gasteiger partial charge in [-0.1, -0.05) is 17.7 Å². The lowest BCUT2D eigenvalue weighted by Gasteiger charge is -2.08. The van der Waals surface area contributed by atoms with Crippen molar-refractivity contribution in [2.45, 2.75) is 17.9 Å². The number of nitrogens with two attached hydrogens (primary N) is 1. The van der Waals surface area contributed by atoms with Crippen LogP contribution in [0.2, 0.25) is 5.02 Å². The molecule has 0 saturated carbocycles. The number of nitrogens with one attached hydrogen (secondary N) is 1. The summed E-state index contributed by atoms with van der Waals surface area (Å²) in [4.78, 5) is 0.104. The zero-order valence-electron chi connectivity index (χ0n) is 10.6. The van der Waals surface area contributed by atoms with E-state index in [-0.39, 0.29) is 18.0 Å². The summed E-state index contributed by atoms with van der Waals surface area (Å²) in [6, 6.07) is 4.44. The van der Waals surface area contributed by atoms with Crippen molar-refractivity contribution in [3.8, 4) is 0 Å². The lowest BCUT2D eigenvalue weighted by Crippen LogP contribution is -2.25. The summed E-state index contributed by atoms with van der Waals surface area (Å²) in [5.41, 5.74) is 6.15. The first-order chi connectivity index (χ1) is 8.86. The summed E-state index contributed by atoms with van der Waals surface area (Å²) in [6.45, 7) is 0.507. The van der Waals surface area contributed by atoms with Crippen LogP contribution in [-0.4, -0.2) is 31.2 Å². The minimum atomic E-state index is -3.58. The summed E-state index contributed by atoms with van der Waals surface area (Å²) in [5.74, 6) is 0.468. The van der Waals surface area contributed by atoms with Gasteiger partial charge in [0.15, 0.2) is 0 Å². The molecule has 19 heavy (non-hydrogen) atoms. The Labute approximate surface area is 121 Å². The Morgan fingerprint density at radius 3 is 2.63 bits per heavy atom. The fourth-order valence-corrected chi connectivity index (χ4v) is 3.40. The first-order valence-corrected chi connectivity index (χ1v) is 9.24. The molecule has 0 aliphatic carbocycles. The fraction of sp³-hybridized carbons (Fsp3) is 0.455. The van der Waals surface area contributed by atoms with Crippen LogP contribution in [0.1, 0.15) is 12.0 Å². The summed E-state index contributed by atoms with van der Waals surface area (Å²) in [7, 11) is -4.50. The molecule has 0 saturated heterocycles. The van der Waals surface area contributed by atoms with Crippen LogP contribution in [0.5, 0.6) is 0 Å². The molecule has 0 bridgehead atoms. The van der Waals surface area contributed by atoms with Crippen LogP contribution in [0, 0.1) is 0 Å². The fourth-order valence-electron chi connectivity index (χ4n) is 1.43. The van der Waals surface area contributed by atoms with Gasteiger partial charge in [-0.3, -0.25) is 4.21 Å². The number of benzene rings is 1. The molecule has 0 fully saturated rings. The van der Waals surface area contributed by atoms with Gasteiger partial charge < -0.3 is 5.73 Å². The molecule has 1 aromatic carbocycles. The van der Waals surface area contributed by atoms with E-state index >= 15 is 0 Å². The average Bonchev–Trinajstić information content (AvgIpc) is 2.34. The third kappa shape index (κ3) is 5.19. The van der Waals surface area contributed by atoms with E-state index in [2.05, 4.69) is 4.72 Å². The molecule has 0 heterocycles. The Morgan fingerprint density at radius 2 is 2.11 bits per heavy atom. The third-order valence-corrected chi connectivity index (χ3v) is 5.13. The zero-order chi connectivity index (χ0) is 14.5. The first-order valence-electron chi connectivity index (χ1n) is 5.65. The Balaban J connectivity index is 2.72. The molecule has 1 rings (SSSR count). The molecule has 1 unspecified atom stereocenters. The Morgan fingerprint density at radius 1 is 1.42 bits per heavy atom. The minimum Gasteiger partial charge on any atom is -0.326 e. The second-order valence-electron chi connectivity index (χ2n) is 3.99. The van der Waals surface area contributed by atoms with Crippen molar-refractivity contribution in [2.24, 2.45) is 5.73 Å². The van der Waals surface area contributed by atoms with Gasteiger partial charge in [-0.15, -0.1) is 0 Å². The van der Waals surface area contributed by atoms with Crippen molar-refractivity contribution in [1.29, 1.82) is 0 Å². The quantitative estimate of drug-likeness (QED) is 0.727. The van der Waals surface area contributed by atoms with Crippen LogP contribution in [0.15, 0.2) is 23.1 Å².